The Morgan fingerprint density at radius 1 is 1.32 bits per heavy atom. The number of nitrogens with two attached hydrogens (primary N) is 1. The van der Waals surface area contributed by atoms with Gasteiger partial charge in [0.1, 0.15) is 23.9 Å². The highest BCUT2D eigenvalue weighted by atomic mass is 35.5. The molecular weight excluding hydrogens is 522 g/mol. The number of nitrogens with one attached hydrogen (secondary N) is 4. The van der Waals surface area contributed by atoms with Gasteiger partial charge in [-0.25, -0.2) is 20.6 Å². The smallest absolute Gasteiger partial charge is 0.339 e. The predicted molar refractivity (Wildman–Crippen MR) is 131 cm³/mol. The SMILES string of the molecule is C#C[C@@]1(O)[C@@H](CO[C@](Cc2ccccc2)(C(=O)O)C2NNNN2)O[C@@H](n2cnc3c(N)nc(Cl)nc32)[C@@H]1O. The van der Waals surface area contributed by atoms with Gasteiger partial charge in [0.15, 0.2) is 28.9 Å². The van der Waals surface area contributed by atoms with Gasteiger partial charge < -0.3 is 30.5 Å². The Hall–Kier alpha value is -3.43. The maximum absolute atomic E-state index is 12.7. The van der Waals surface area contributed by atoms with Crippen molar-refractivity contribution >= 4 is 34.6 Å². The highest BCUT2D eigenvalue weighted by Gasteiger charge is 2.58. The lowest BCUT2D eigenvalue weighted by molar-refractivity contribution is -0.182. The van der Waals surface area contributed by atoms with Crippen molar-refractivity contribution < 1.29 is 29.6 Å². The number of imidazole rings is 1. The molecule has 2 saturated heterocycles. The van der Waals surface area contributed by atoms with E-state index in [2.05, 4.69) is 42.8 Å². The minimum absolute atomic E-state index is 0.00395. The fourth-order valence-corrected chi connectivity index (χ4v) is 4.69. The molecule has 2 fully saturated rings. The summed E-state index contributed by atoms with van der Waals surface area (Å²) >= 11 is 5.94. The molecule has 0 amide bonds. The second kappa shape index (κ2) is 10.0. The van der Waals surface area contributed by atoms with Gasteiger partial charge in [-0.3, -0.25) is 4.57 Å². The fraction of sp³-hybridized carbons (Fsp3) is 0.364. The number of anilines is 1. The summed E-state index contributed by atoms with van der Waals surface area (Å²) in [4.78, 5) is 24.7. The first kappa shape index (κ1) is 26.2. The number of halogens is 1. The number of benzene rings is 1. The van der Waals surface area contributed by atoms with Gasteiger partial charge in [0.05, 0.1) is 12.9 Å². The van der Waals surface area contributed by atoms with Crippen LogP contribution in [-0.2, 0) is 20.7 Å². The number of rotatable bonds is 8. The molecule has 5 rings (SSSR count). The van der Waals surface area contributed by atoms with Crippen molar-refractivity contribution in [1.29, 1.82) is 0 Å². The van der Waals surface area contributed by atoms with E-state index in [4.69, 9.17) is 33.2 Å². The van der Waals surface area contributed by atoms with E-state index in [1.165, 1.54) is 10.9 Å². The van der Waals surface area contributed by atoms with Crippen LogP contribution in [0.4, 0.5) is 5.82 Å². The van der Waals surface area contributed by atoms with E-state index in [0.29, 0.717) is 5.56 Å². The second-order valence-corrected chi connectivity index (χ2v) is 9.11. The number of nitrogen functional groups attached to an aromatic ring is 1. The molecule has 2 aliphatic rings. The lowest BCUT2D eigenvalue weighted by Crippen LogP contribution is -2.63. The van der Waals surface area contributed by atoms with Crippen LogP contribution in [0.15, 0.2) is 36.7 Å². The Morgan fingerprint density at radius 2 is 2.03 bits per heavy atom. The number of aromatic nitrogens is 4. The first-order valence-electron chi connectivity index (χ1n) is 11.3. The zero-order valence-corrected chi connectivity index (χ0v) is 20.3. The summed E-state index contributed by atoms with van der Waals surface area (Å²) in [6, 6.07) is 8.84. The molecule has 200 valence electrons. The number of carbonyl (C=O) groups is 1. The molecule has 2 aliphatic heterocycles. The molecule has 0 spiro atoms. The van der Waals surface area contributed by atoms with E-state index in [1.54, 1.807) is 30.3 Å². The topological polar surface area (TPSA) is 214 Å². The summed E-state index contributed by atoms with van der Waals surface area (Å²) in [6.45, 7) is -0.516. The number of hydrazine groups is 3. The quantitative estimate of drug-likeness (QED) is 0.116. The number of carboxylic acids is 1. The van der Waals surface area contributed by atoms with Gasteiger partial charge in [0.25, 0.3) is 0 Å². The van der Waals surface area contributed by atoms with E-state index >= 15 is 0 Å². The molecule has 16 heteroatoms. The molecule has 9 N–H and O–H groups in total. The largest absolute Gasteiger partial charge is 0.479 e. The number of terminal acetylenes is 1. The van der Waals surface area contributed by atoms with Crippen molar-refractivity contribution in [3.63, 3.8) is 0 Å². The van der Waals surface area contributed by atoms with Crippen LogP contribution in [0, 0.1) is 12.3 Å². The number of hydrogen-bond donors (Lipinski definition) is 8. The number of carboxylic acid groups (broad SMARTS) is 1. The Kier molecular flexibility index (Phi) is 6.92. The zero-order chi connectivity index (χ0) is 27.1. The molecule has 0 aliphatic carbocycles. The molecule has 4 heterocycles. The molecule has 15 nitrogen and oxygen atoms in total. The van der Waals surface area contributed by atoms with E-state index in [0.717, 1.165) is 0 Å². The van der Waals surface area contributed by atoms with Gasteiger partial charge in [-0.05, 0) is 17.2 Å². The number of ether oxygens (including phenoxy) is 2. The number of hydrogen-bond acceptors (Lipinski definition) is 13. The molecule has 0 unspecified atom stereocenters. The van der Waals surface area contributed by atoms with Crippen molar-refractivity contribution in [2.24, 2.45) is 0 Å². The van der Waals surface area contributed by atoms with E-state index in [-0.39, 0.29) is 28.7 Å². The molecule has 38 heavy (non-hydrogen) atoms. The second-order valence-electron chi connectivity index (χ2n) is 8.77. The monoisotopic (exact) mass is 545 g/mol. The summed E-state index contributed by atoms with van der Waals surface area (Å²) in [6.07, 6.45) is 1.51. The first-order chi connectivity index (χ1) is 18.2. The molecule has 5 atom stereocenters. The predicted octanol–water partition coefficient (Wildman–Crippen LogP) is -1.79. The van der Waals surface area contributed by atoms with Gasteiger partial charge in [-0.1, -0.05) is 36.3 Å². The molecule has 3 aromatic rings. The van der Waals surface area contributed by atoms with Crippen molar-refractivity contribution in [1.82, 2.24) is 41.4 Å². The Bertz CT molecular complexity index is 1380. The molecule has 0 radical (unpaired) electrons. The highest BCUT2D eigenvalue weighted by Crippen LogP contribution is 2.39. The number of aliphatic carboxylic acids is 1. The number of aliphatic hydroxyl groups excluding tert-OH is 1. The average molecular weight is 546 g/mol. The van der Waals surface area contributed by atoms with E-state index in [1.807, 2.05) is 0 Å². The minimum atomic E-state index is -2.27. The zero-order valence-electron chi connectivity index (χ0n) is 19.6. The van der Waals surface area contributed by atoms with Crippen LogP contribution in [0.5, 0.6) is 0 Å². The van der Waals surface area contributed by atoms with E-state index < -0.39 is 48.4 Å². The average Bonchev–Trinajstić information content (AvgIpc) is 3.63. The lowest BCUT2D eigenvalue weighted by Gasteiger charge is -2.36. The maximum atomic E-state index is 12.7. The van der Waals surface area contributed by atoms with Crippen LogP contribution in [-0.4, -0.2) is 77.0 Å². The third kappa shape index (κ3) is 4.33. The molecular formula is C22H24ClN9O6. The number of nitrogens with zero attached hydrogens (tertiary/aromatic N) is 4. The minimum Gasteiger partial charge on any atom is -0.479 e. The molecule has 2 aromatic heterocycles. The summed E-state index contributed by atoms with van der Waals surface area (Å²) in [7, 11) is 0. The van der Waals surface area contributed by atoms with Crippen LogP contribution < -0.4 is 27.7 Å². The summed E-state index contributed by atoms with van der Waals surface area (Å²) in [5.41, 5.74) is 13.3. The summed E-state index contributed by atoms with van der Waals surface area (Å²) in [5.74, 6) is 0.865. The van der Waals surface area contributed by atoms with Crippen LogP contribution in [0.3, 0.4) is 0 Å². The van der Waals surface area contributed by atoms with Crippen molar-refractivity contribution in [2.75, 3.05) is 12.3 Å². The lowest BCUT2D eigenvalue weighted by atomic mass is 9.90. The van der Waals surface area contributed by atoms with Gasteiger partial charge in [-0.2, -0.15) is 21.0 Å². The summed E-state index contributed by atoms with van der Waals surface area (Å²) in [5, 5.41) is 32.5. The van der Waals surface area contributed by atoms with Crippen molar-refractivity contribution in [3.05, 3.63) is 47.5 Å². The van der Waals surface area contributed by atoms with Crippen LogP contribution >= 0.6 is 11.6 Å². The van der Waals surface area contributed by atoms with Crippen LogP contribution in [0.1, 0.15) is 11.8 Å². The normalized spacial score (nSPS) is 27.4. The van der Waals surface area contributed by atoms with E-state index in [9.17, 15) is 20.1 Å². The maximum Gasteiger partial charge on any atom is 0.339 e. The van der Waals surface area contributed by atoms with Gasteiger partial charge >= 0.3 is 5.97 Å². The first-order valence-corrected chi connectivity index (χ1v) is 11.7. The Balaban J connectivity index is 1.46. The van der Waals surface area contributed by atoms with Crippen molar-refractivity contribution in [2.45, 2.75) is 42.2 Å². The Labute approximate surface area is 220 Å². The van der Waals surface area contributed by atoms with Crippen molar-refractivity contribution in [3.8, 4) is 12.3 Å². The molecule has 1 aromatic carbocycles. The summed E-state index contributed by atoms with van der Waals surface area (Å²) < 4.78 is 13.3. The van der Waals surface area contributed by atoms with Crippen LogP contribution in [0.2, 0.25) is 5.28 Å². The Morgan fingerprint density at radius 3 is 2.68 bits per heavy atom. The molecule has 0 saturated carbocycles. The fourth-order valence-electron chi connectivity index (χ4n) is 4.52. The number of fused-ring (bicyclic) bond motifs is 1. The highest BCUT2D eigenvalue weighted by molar-refractivity contribution is 6.28. The third-order valence-corrected chi connectivity index (χ3v) is 6.74. The molecule has 0 bridgehead atoms. The third-order valence-electron chi connectivity index (χ3n) is 6.57. The van der Waals surface area contributed by atoms with Gasteiger partial charge in [0, 0.05) is 6.42 Å². The standard InChI is InChI=1S/C22H24ClN9O6/c1-2-21(36)12(38-17(14(21)33)32-10-25-13-15(24)26-20(23)27-16(13)32)9-37-22(19(34)35,18-28-30-31-29-18)8-11-6-4-3-5-7-11/h1,3-7,10,12,14,17-18,28-31,33,36H,8-9H2,(H,34,35)(H2,24,26,27)/t12-,14+,17-,21-,22+/m1/s1. The van der Waals surface area contributed by atoms with Gasteiger partial charge in [-0.15, -0.1) is 6.42 Å². The number of aliphatic hydroxyl groups is 2. The van der Waals surface area contributed by atoms with Gasteiger partial charge in [0.2, 0.25) is 5.28 Å². The van der Waals surface area contributed by atoms with Crippen LogP contribution in [0.25, 0.3) is 11.2 Å².